The van der Waals surface area contributed by atoms with Crippen LogP contribution in [0.3, 0.4) is 0 Å². The lowest BCUT2D eigenvalue weighted by molar-refractivity contribution is 0.683. The molecule has 1 aromatic heterocycles. The molecule has 2 nitrogen and oxygen atoms in total. The molecule has 1 aromatic carbocycles. The van der Waals surface area contributed by atoms with Crippen molar-refractivity contribution in [3.8, 4) is 0 Å². The Bertz CT molecular complexity index is 565. The minimum atomic E-state index is -1.09. The SMILES string of the molecule is Cc1ccc(N)c(S(=O)Cc2sccc2Br)c1. The zero-order chi connectivity index (χ0) is 12.4. The molecular weight excluding hydrogens is 318 g/mol. The average Bonchev–Trinajstić information content (AvgIpc) is 2.68. The van der Waals surface area contributed by atoms with Gasteiger partial charge in [-0.25, -0.2) is 0 Å². The first-order valence-corrected chi connectivity index (χ1v) is 8.03. The van der Waals surface area contributed by atoms with Crippen molar-refractivity contribution in [2.75, 3.05) is 5.73 Å². The van der Waals surface area contributed by atoms with Crippen molar-refractivity contribution in [3.63, 3.8) is 0 Å². The number of nitrogen functional groups attached to an aromatic ring is 1. The molecule has 0 bridgehead atoms. The van der Waals surface area contributed by atoms with E-state index in [1.165, 1.54) is 0 Å². The maximum atomic E-state index is 12.3. The molecule has 0 fully saturated rings. The Morgan fingerprint density at radius 3 is 2.82 bits per heavy atom. The van der Waals surface area contributed by atoms with Crippen LogP contribution in [-0.2, 0) is 16.6 Å². The first-order valence-electron chi connectivity index (χ1n) is 5.04. The van der Waals surface area contributed by atoms with Gasteiger partial charge in [0.15, 0.2) is 0 Å². The minimum absolute atomic E-state index is 0.506. The molecule has 0 spiro atoms. The molecule has 2 aromatic rings. The van der Waals surface area contributed by atoms with Gasteiger partial charge in [0.05, 0.1) is 21.4 Å². The van der Waals surface area contributed by atoms with Crippen LogP contribution >= 0.6 is 27.3 Å². The highest BCUT2D eigenvalue weighted by Gasteiger charge is 2.11. The van der Waals surface area contributed by atoms with E-state index < -0.39 is 10.8 Å². The summed E-state index contributed by atoms with van der Waals surface area (Å²) < 4.78 is 13.3. The summed E-state index contributed by atoms with van der Waals surface area (Å²) in [4.78, 5) is 1.81. The normalized spacial score (nSPS) is 12.6. The van der Waals surface area contributed by atoms with E-state index in [0.717, 1.165) is 19.8 Å². The lowest BCUT2D eigenvalue weighted by atomic mass is 10.2. The highest BCUT2D eigenvalue weighted by molar-refractivity contribution is 9.10. The number of halogens is 1. The van der Waals surface area contributed by atoms with E-state index in [9.17, 15) is 4.21 Å². The standard InChI is InChI=1S/C12H12BrNOS2/c1-8-2-3-10(14)12(6-8)17(15)7-11-9(13)4-5-16-11/h2-6H,7,14H2,1H3. The first-order chi connectivity index (χ1) is 8.08. The predicted molar refractivity (Wildman–Crippen MR) is 77.7 cm³/mol. The molecule has 1 heterocycles. The number of aryl methyl sites for hydroxylation is 1. The van der Waals surface area contributed by atoms with Gasteiger partial charge in [-0.05, 0) is 52.0 Å². The van der Waals surface area contributed by atoms with E-state index in [2.05, 4.69) is 15.9 Å². The van der Waals surface area contributed by atoms with Gasteiger partial charge >= 0.3 is 0 Å². The van der Waals surface area contributed by atoms with Crippen LogP contribution in [-0.4, -0.2) is 4.21 Å². The summed E-state index contributed by atoms with van der Waals surface area (Å²) in [6.45, 7) is 1.97. The van der Waals surface area contributed by atoms with Crippen molar-refractivity contribution in [3.05, 3.63) is 44.6 Å². The van der Waals surface area contributed by atoms with E-state index in [1.54, 1.807) is 11.3 Å². The molecule has 0 amide bonds. The molecule has 2 rings (SSSR count). The lowest BCUT2D eigenvalue weighted by Gasteiger charge is -2.06. The van der Waals surface area contributed by atoms with Crippen molar-refractivity contribution in [2.45, 2.75) is 17.6 Å². The monoisotopic (exact) mass is 329 g/mol. The quantitative estimate of drug-likeness (QED) is 0.872. The predicted octanol–water partition coefficient (Wildman–Crippen LogP) is 3.71. The van der Waals surface area contributed by atoms with Gasteiger partial charge in [-0.3, -0.25) is 4.21 Å². The maximum absolute atomic E-state index is 12.3. The molecular formula is C12H12BrNOS2. The molecule has 17 heavy (non-hydrogen) atoms. The molecule has 90 valence electrons. The molecule has 0 aliphatic heterocycles. The summed E-state index contributed by atoms with van der Waals surface area (Å²) in [7, 11) is -1.09. The Labute approximate surface area is 115 Å². The van der Waals surface area contributed by atoms with Crippen molar-refractivity contribution in [1.82, 2.24) is 0 Å². The molecule has 0 saturated carbocycles. The van der Waals surface area contributed by atoms with Crippen LogP contribution in [0.2, 0.25) is 0 Å². The molecule has 0 saturated heterocycles. The molecule has 2 N–H and O–H groups in total. The van der Waals surface area contributed by atoms with Crippen molar-refractivity contribution in [2.24, 2.45) is 0 Å². The zero-order valence-corrected chi connectivity index (χ0v) is 12.5. The Kier molecular flexibility index (Phi) is 4.01. The van der Waals surface area contributed by atoms with Gasteiger partial charge in [0, 0.05) is 15.0 Å². The molecule has 1 unspecified atom stereocenters. The number of hydrogen-bond acceptors (Lipinski definition) is 3. The third kappa shape index (κ3) is 2.97. The number of anilines is 1. The van der Waals surface area contributed by atoms with Crippen LogP contribution in [0.5, 0.6) is 0 Å². The van der Waals surface area contributed by atoms with E-state index in [0.29, 0.717) is 11.4 Å². The summed E-state index contributed by atoms with van der Waals surface area (Å²) in [6, 6.07) is 7.60. The van der Waals surface area contributed by atoms with Gasteiger partial charge in [0.2, 0.25) is 0 Å². The largest absolute Gasteiger partial charge is 0.398 e. The van der Waals surface area contributed by atoms with Gasteiger partial charge in [-0.15, -0.1) is 11.3 Å². The smallest absolute Gasteiger partial charge is 0.0638 e. The Hall–Kier alpha value is -0.650. The molecule has 5 heteroatoms. The fourth-order valence-corrected chi connectivity index (χ4v) is 4.72. The number of hydrogen-bond donors (Lipinski definition) is 1. The summed E-state index contributed by atoms with van der Waals surface area (Å²) >= 11 is 5.05. The fraction of sp³-hybridized carbons (Fsp3) is 0.167. The van der Waals surface area contributed by atoms with Crippen LogP contribution in [0.15, 0.2) is 39.0 Å². The average molecular weight is 330 g/mol. The molecule has 0 radical (unpaired) electrons. The number of rotatable bonds is 3. The van der Waals surface area contributed by atoms with Gasteiger partial charge in [0.1, 0.15) is 0 Å². The van der Waals surface area contributed by atoms with Crippen LogP contribution < -0.4 is 5.73 Å². The number of thiophene rings is 1. The van der Waals surface area contributed by atoms with Crippen molar-refractivity contribution >= 4 is 43.8 Å². The second kappa shape index (κ2) is 5.33. The van der Waals surface area contributed by atoms with Crippen LogP contribution in [0.1, 0.15) is 10.4 Å². The Morgan fingerprint density at radius 2 is 2.18 bits per heavy atom. The second-order valence-corrected chi connectivity index (χ2v) is 7.00. The van der Waals surface area contributed by atoms with Gasteiger partial charge in [-0.1, -0.05) is 6.07 Å². The van der Waals surface area contributed by atoms with E-state index >= 15 is 0 Å². The molecule has 1 atom stereocenters. The van der Waals surface area contributed by atoms with E-state index in [1.807, 2.05) is 36.6 Å². The minimum Gasteiger partial charge on any atom is -0.398 e. The van der Waals surface area contributed by atoms with E-state index in [-0.39, 0.29) is 0 Å². The van der Waals surface area contributed by atoms with Crippen molar-refractivity contribution in [1.29, 1.82) is 0 Å². The molecule has 0 aliphatic carbocycles. The second-order valence-electron chi connectivity index (χ2n) is 3.72. The maximum Gasteiger partial charge on any atom is 0.0638 e. The Morgan fingerprint density at radius 1 is 1.41 bits per heavy atom. The topological polar surface area (TPSA) is 43.1 Å². The van der Waals surface area contributed by atoms with Crippen LogP contribution in [0, 0.1) is 6.92 Å². The summed E-state index contributed by atoms with van der Waals surface area (Å²) in [5, 5.41) is 1.98. The highest BCUT2D eigenvalue weighted by Crippen LogP contribution is 2.27. The summed E-state index contributed by atoms with van der Waals surface area (Å²) in [5.74, 6) is 0.506. The van der Waals surface area contributed by atoms with Gasteiger partial charge in [0.25, 0.3) is 0 Å². The van der Waals surface area contributed by atoms with Gasteiger partial charge < -0.3 is 5.73 Å². The molecule has 0 aliphatic rings. The third-order valence-corrected chi connectivity index (χ3v) is 5.87. The summed E-state index contributed by atoms with van der Waals surface area (Å²) in [5.41, 5.74) is 7.53. The van der Waals surface area contributed by atoms with E-state index in [4.69, 9.17) is 5.73 Å². The highest BCUT2D eigenvalue weighted by atomic mass is 79.9. The third-order valence-electron chi connectivity index (χ3n) is 2.37. The number of nitrogens with two attached hydrogens (primary N) is 1. The van der Waals surface area contributed by atoms with Crippen LogP contribution in [0.25, 0.3) is 0 Å². The fourth-order valence-electron chi connectivity index (χ4n) is 1.46. The zero-order valence-electron chi connectivity index (χ0n) is 9.27. The van der Waals surface area contributed by atoms with Crippen LogP contribution in [0.4, 0.5) is 5.69 Å². The Balaban J connectivity index is 2.26. The summed E-state index contributed by atoms with van der Waals surface area (Å²) in [6.07, 6.45) is 0. The lowest BCUT2D eigenvalue weighted by Crippen LogP contribution is -2.00. The number of benzene rings is 1. The first kappa shape index (κ1) is 12.8. The van der Waals surface area contributed by atoms with Gasteiger partial charge in [-0.2, -0.15) is 0 Å². The van der Waals surface area contributed by atoms with Crippen molar-refractivity contribution < 1.29 is 4.21 Å².